The summed E-state index contributed by atoms with van der Waals surface area (Å²) in [5.41, 5.74) is 5.88. The summed E-state index contributed by atoms with van der Waals surface area (Å²) in [6.07, 6.45) is 8.66. The Balaban J connectivity index is 1.72. The molecule has 0 spiro atoms. The summed E-state index contributed by atoms with van der Waals surface area (Å²) in [7, 11) is 0. The zero-order valence-corrected chi connectivity index (χ0v) is 11.6. The fourth-order valence-electron chi connectivity index (χ4n) is 2.24. The predicted octanol–water partition coefficient (Wildman–Crippen LogP) is 2.09. The summed E-state index contributed by atoms with van der Waals surface area (Å²) in [5, 5.41) is 4.12. The average molecular weight is 278 g/mol. The Morgan fingerprint density at radius 2 is 2.32 bits per heavy atom. The number of hydrogen-bond donors (Lipinski definition) is 2. The van der Waals surface area contributed by atoms with E-state index >= 15 is 0 Å². The molecule has 3 rings (SSSR count). The molecule has 0 saturated heterocycles. The molecule has 1 aromatic rings. The molecule has 2 aliphatic rings. The van der Waals surface area contributed by atoms with Gasteiger partial charge in [-0.25, -0.2) is 4.98 Å². The van der Waals surface area contributed by atoms with Crippen molar-refractivity contribution in [2.45, 2.75) is 31.7 Å². The SMILES string of the molecule is Nc1nc(NC2CCC2)sc1C(=O)N1CC=CCC1. The van der Waals surface area contributed by atoms with E-state index in [1.165, 1.54) is 30.6 Å². The molecular formula is C13H18N4OS. The van der Waals surface area contributed by atoms with E-state index in [4.69, 9.17) is 5.73 Å². The Bertz CT molecular complexity index is 507. The number of hydrogen-bond acceptors (Lipinski definition) is 5. The Kier molecular flexibility index (Phi) is 3.42. The molecule has 1 fully saturated rings. The van der Waals surface area contributed by atoms with Crippen LogP contribution in [0.4, 0.5) is 10.9 Å². The molecule has 6 heteroatoms. The molecule has 0 aromatic carbocycles. The number of anilines is 2. The minimum absolute atomic E-state index is 0.000935. The molecule has 5 nitrogen and oxygen atoms in total. The summed E-state index contributed by atoms with van der Waals surface area (Å²) in [6, 6.07) is 0.506. The van der Waals surface area contributed by atoms with E-state index in [9.17, 15) is 4.79 Å². The predicted molar refractivity (Wildman–Crippen MR) is 77.4 cm³/mol. The van der Waals surface area contributed by atoms with Crippen LogP contribution in [-0.4, -0.2) is 34.9 Å². The number of nitrogens with two attached hydrogens (primary N) is 1. The third-order valence-corrected chi connectivity index (χ3v) is 4.62. The summed E-state index contributed by atoms with van der Waals surface area (Å²) in [5.74, 6) is 0.354. The second kappa shape index (κ2) is 5.21. The maximum Gasteiger partial charge on any atom is 0.268 e. The number of rotatable bonds is 3. The summed E-state index contributed by atoms with van der Waals surface area (Å²) in [4.78, 5) is 19.0. The summed E-state index contributed by atoms with van der Waals surface area (Å²) < 4.78 is 0. The van der Waals surface area contributed by atoms with Crippen molar-refractivity contribution in [3.63, 3.8) is 0 Å². The van der Waals surface area contributed by atoms with E-state index in [1.807, 2.05) is 11.0 Å². The number of amides is 1. The number of carbonyl (C=O) groups excluding carboxylic acids is 1. The molecule has 1 aromatic heterocycles. The van der Waals surface area contributed by atoms with Gasteiger partial charge in [0.2, 0.25) is 0 Å². The molecule has 1 aliphatic heterocycles. The largest absolute Gasteiger partial charge is 0.382 e. The van der Waals surface area contributed by atoms with Crippen molar-refractivity contribution in [1.29, 1.82) is 0 Å². The molecule has 102 valence electrons. The average Bonchev–Trinajstić information content (AvgIpc) is 2.75. The van der Waals surface area contributed by atoms with E-state index in [-0.39, 0.29) is 5.91 Å². The fraction of sp³-hybridized carbons (Fsp3) is 0.538. The van der Waals surface area contributed by atoms with Gasteiger partial charge in [0.25, 0.3) is 5.91 Å². The van der Waals surface area contributed by atoms with Crippen LogP contribution in [0, 0.1) is 0 Å². The topological polar surface area (TPSA) is 71.2 Å². The highest BCUT2D eigenvalue weighted by Crippen LogP contribution is 2.30. The first kappa shape index (κ1) is 12.5. The van der Waals surface area contributed by atoms with Gasteiger partial charge in [0, 0.05) is 19.1 Å². The maximum atomic E-state index is 12.4. The van der Waals surface area contributed by atoms with Crippen molar-refractivity contribution in [3.05, 3.63) is 17.0 Å². The number of thiazole rings is 1. The van der Waals surface area contributed by atoms with Gasteiger partial charge < -0.3 is 16.0 Å². The van der Waals surface area contributed by atoms with E-state index in [0.717, 1.165) is 18.1 Å². The third-order valence-electron chi connectivity index (χ3n) is 3.63. The first-order chi connectivity index (χ1) is 9.24. The van der Waals surface area contributed by atoms with Crippen LogP contribution in [0.25, 0.3) is 0 Å². The van der Waals surface area contributed by atoms with Crippen LogP contribution in [0.5, 0.6) is 0 Å². The third kappa shape index (κ3) is 2.58. The lowest BCUT2D eigenvalue weighted by molar-refractivity contribution is 0.0776. The number of aromatic nitrogens is 1. The van der Waals surface area contributed by atoms with Crippen LogP contribution in [0.1, 0.15) is 35.4 Å². The minimum Gasteiger partial charge on any atom is -0.382 e. The second-order valence-corrected chi connectivity index (χ2v) is 6.02. The normalized spacial score (nSPS) is 19.3. The Morgan fingerprint density at radius 1 is 1.47 bits per heavy atom. The van der Waals surface area contributed by atoms with Crippen LogP contribution in [0.3, 0.4) is 0 Å². The van der Waals surface area contributed by atoms with Gasteiger partial charge in [0.05, 0.1) is 0 Å². The minimum atomic E-state index is 0.000935. The van der Waals surface area contributed by atoms with E-state index in [1.54, 1.807) is 0 Å². The quantitative estimate of drug-likeness (QED) is 0.831. The highest BCUT2D eigenvalue weighted by Gasteiger charge is 2.24. The summed E-state index contributed by atoms with van der Waals surface area (Å²) in [6.45, 7) is 1.43. The lowest BCUT2D eigenvalue weighted by atomic mass is 9.93. The molecule has 1 aliphatic carbocycles. The smallest absolute Gasteiger partial charge is 0.268 e. The van der Waals surface area contributed by atoms with Gasteiger partial charge in [0.15, 0.2) is 5.13 Å². The monoisotopic (exact) mass is 278 g/mol. The molecule has 1 amide bonds. The lowest BCUT2D eigenvalue weighted by Crippen LogP contribution is -2.33. The molecule has 19 heavy (non-hydrogen) atoms. The lowest BCUT2D eigenvalue weighted by Gasteiger charge is -2.25. The number of nitrogens with one attached hydrogen (secondary N) is 1. The van der Waals surface area contributed by atoms with Crippen molar-refractivity contribution >= 4 is 28.2 Å². The van der Waals surface area contributed by atoms with Gasteiger partial charge in [-0.3, -0.25) is 4.79 Å². The highest BCUT2D eigenvalue weighted by atomic mass is 32.1. The van der Waals surface area contributed by atoms with Crippen molar-refractivity contribution < 1.29 is 4.79 Å². The second-order valence-electron chi connectivity index (χ2n) is 5.02. The number of carbonyl (C=O) groups is 1. The zero-order valence-electron chi connectivity index (χ0n) is 10.8. The molecule has 0 atom stereocenters. The van der Waals surface area contributed by atoms with Gasteiger partial charge >= 0.3 is 0 Å². The van der Waals surface area contributed by atoms with Crippen molar-refractivity contribution in [2.24, 2.45) is 0 Å². The van der Waals surface area contributed by atoms with E-state index < -0.39 is 0 Å². The maximum absolute atomic E-state index is 12.4. The Hall–Kier alpha value is -1.56. The van der Waals surface area contributed by atoms with E-state index in [0.29, 0.717) is 23.3 Å². The van der Waals surface area contributed by atoms with Gasteiger partial charge in [-0.15, -0.1) is 0 Å². The molecule has 0 unspecified atom stereocenters. The van der Waals surface area contributed by atoms with Gasteiger partial charge in [-0.2, -0.15) is 0 Å². The van der Waals surface area contributed by atoms with Crippen LogP contribution >= 0.6 is 11.3 Å². The van der Waals surface area contributed by atoms with Crippen LogP contribution < -0.4 is 11.1 Å². The van der Waals surface area contributed by atoms with Crippen LogP contribution in [0.15, 0.2) is 12.2 Å². The van der Waals surface area contributed by atoms with Crippen LogP contribution in [0.2, 0.25) is 0 Å². The highest BCUT2D eigenvalue weighted by molar-refractivity contribution is 7.18. The molecular weight excluding hydrogens is 260 g/mol. The molecule has 0 radical (unpaired) electrons. The van der Waals surface area contributed by atoms with Gasteiger partial charge in [-0.05, 0) is 25.7 Å². The fourth-order valence-corrected chi connectivity index (χ4v) is 3.17. The molecule has 3 N–H and O–H groups in total. The van der Waals surface area contributed by atoms with Crippen molar-refractivity contribution in [1.82, 2.24) is 9.88 Å². The Labute approximate surface area is 116 Å². The molecule has 2 heterocycles. The van der Waals surface area contributed by atoms with Gasteiger partial charge in [-0.1, -0.05) is 23.5 Å². The first-order valence-corrected chi connectivity index (χ1v) is 7.53. The zero-order chi connectivity index (χ0) is 13.2. The van der Waals surface area contributed by atoms with Gasteiger partial charge in [0.1, 0.15) is 10.7 Å². The number of nitrogen functional groups attached to an aromatic ring is 1. The number of nitrogens with zero attached hydrogens (tertiary/aromatic N) is 2. The van der Waals surface area contributed by atoms with Crippen molar-refractivity contribution in [3.8, 4) is 0 Å². The van der Waals surface area contributed by atoms with E-state index in [2.05, 4.69) is 16.4 Å². The molecule has 1 saturated carbocycles. The molecule has 0 bridgehead atoms. The summed E-state index contributed by atoms with van der Waals surface area (Å²) >= 11 is 1.38. The first-order valence-electron chi connectivity index (χ1n) is 6.71. The van der Waals surface area contributed by atoms with Crippen LogP contribution in [-0.2, 0) is 0 Å². The Morgan fingerprint density at radius 3 is 2.95 bits per heavy atom. The standard InChI is InChI=1S/C13H18N4OS/c14-11-10(12(18)17-7-2-1-3-8-17)19-13(16-11)15-9-5-4-6-9/h1-2,9H,3-8,14H2,(H,15,16). The van der Waals surface area contributed by atoms with Crippen molar-refractivity contribution in [2.75, 3.05) is 24.1 Å².